The highest BCUT2D eigenvalue weighted by atomic mass is 32.2. The molecule has 0 saturated heterocycles. The molecule has 1 unspecified atom stereocenters. The number of rotatable bonds is 4. The minimum Gasteiger partial charge on any atom is -0.299 e. The van der Waals surface area contributed by atoms with E-state index in [0.29, 0.717) is 5.78 Å². The fourth-order valence-electron chi connectivity index (χ4n) is 0.724. The minimum atomic E-state index is 0.245. The molecule has 0 heterocycles. The van der Waals surface area contributed by atoms with Gasteiger partial charge in [-0.3, -0.25) is 4.79 Å². The molecule has 54 valence electrons. The summed E-state index contributed by atoms with van der Waals surface area (Å²) in [5.41, 5.74) is 0. The lowest BCUT2D eigenvalue weighted by molar-refractivity contribution is -0.116. The average Bonchev–Trinajstić information content (AvgIpc) is 1.82. The zero-order chi connectivity index (χ0) is 7.28. The summed E-state index contributed by atoms with van der Waals surface area (Å²) in [5.74, 6) is 1.35. The highest BCUT2D eigenvalue weighted by Crippen LogP contribution is 2.13. The SMILES string of the molecule is CCSC(CC)C(C)=O. The predicted octanol–water partition coefficient (Wildman–Crippen LogP) is 2.11. The number of ketones is 1. The Morgan fingerprint density at radius 3 is 2.22 bits per heavy atom. The van der Waals surface area contributed by atoms with Crippen LogP contribution in [0, 0.1) is 0 Å². The quantitative estimate of drug-likeness (QED) is 0.604. The standard InChI is InChI=1S/C7H14OS/c1-4-7(6(3)8)9-5-2/h7H,4-5H2,1-3H3. The highest BCUT2D eigenvalue weighted by molar-refractivity contribution is 8.00. The lowest BCUT2D eigenvalue weighted by atomic mass is 10.2. The summed E-state index contributed by atoms with van der Waals surface area (Å²) in [5, 5.41) is 0.245. The van der Waals surface area contributed by atoms with Gasteiger partial charge in [-0.05, 0) is 19.1 Å². The van der Waals surface area contributed by atoms with Crippen LogP contribution in [0.3, 0.4) is 0 Å². The van der Waals surface area contributed by atoms with Crippen molar-refractivity contribution in [1.29, 1.82) is 0 Å². The first-order chi connectivity index (χ1) is 4.22. The van der Waals surface area contributed by atoms with Gasteiger partial charge in [-0.15, -0.1) is 0 Å². The first-order valence-corrected chi connectivity index (χ1v) is 4.39. The molecule has 0 aromatic carbocycles. The summed E-state index contributed by atoms with van der Waals surface area (Å²) in [7, 11) is 0. The van der Waals surface area contributed by atoms with Crippen LogP contribution < -0.4 is 0 Å². The van der Waals surface area contributed by atoms with Crippen LogP contribution in [0.1, 0.15) is 27.2 Å². The monoisotopic (exact) mass is 146 g/mol. The molecule has 0 aliphatic rings. The molecule has 0 bridgehead atoms. The van der Waals surface area contributed by atoms with Gasteiger partial charge >= 0.3 is 0 Å². The van der Waals surface area contributed by atoms with Gasteiger partial charge in [0.2, 0.25) is 0 Å². The molecular weight excluding hydrogens is 132 g/mol. The molecule has 2 heteroatoms. The van der Waals surface area contributed by atoms with E-state index in [0.717, 1.165) is 12.2 Å². The van der Waals surface area contributed by atoms with Crippen molar-refractivity contribution in [3.05, 3.63) is 0 Å². The van der Waals surface area contributed by atoms with E-state index in [-0.39, 0.29) is 5.25 Å². The van der Waals surface area contributed by atoms with Crippen LogP contribution in [0.2, 0.25) is 0 Å². The van der Waals surface area contributed by atoms with Crippen molar-refractivity contribution in [3.8, 4) is 0 Å². The molecule has 0 amide bonds. The van der Waals surface area contributed by atoms with Crippen LogP contribution in [-0.4, -0.2) is 16.8 Å². The second-order valence-electron chi connectivity index (χ2n) is 1.96. The Balaban J connectivity index is 3.54. The molecule has 9 heavy (non-hydrogen) atoms. The van der Waals surface area contributed by atoms with Gasteiger partial charge in [0.25, 0.3) is 0 Å². The van der Waals surface area contributed by atoms with Crippen LogP contribution in [0.5, 0.6) is 0 Å². The second kappa shape index (κ2) is 4.86. The van der Waals surface area contributed by atoms with Crippen molar-refractivity contribution in [3.63, 3.8) is 0 Å². The van der Waals surface area contributed by atoms with Crippen molar-refractivity contribution in [2.24, 2.45) is 0 Å². The van der Waals surface area contributed by atoms with Crippen molar-refractivity contribution in [1.82, 2.24) is 0 Å². The van der Waals surface area contributed by atoms with E-state index in [9.17, 15) is 4.79 Å². The van der Waals surface area contributed by atoms with Crippen LogP contribution in [0.15, 0.2) is 0 Å². The predicted molar refractivity (Wildman–Crippen MR) is 42.9 cm³/mol. The van der Waals surface area contributed by atoms with Gasteiger partial charge in [-0.2, -0.15) is 11.8 Å². The van der Waals surface area contributed by atoms with Gasteiger partial charge < -0.3 is 0 Å². The largest absolute Gasteiger partial charge is 0.299 e. The fourth-order valence-corrected chi connectivity index (χ4v) is 1.60. The Morgan fingerprint density at radius 1 is 1.56 bits per heavy atom. The molecule has 0 aromatic rings. The number of thioether (sulfide) groups is 1. The van der Waals surface area contributed by atoms with E-state index in [2.05, 4.69) is 13.8 Å². The molecule has 1 nitrogen and oxygen atoms in total. The Labute approximate surface area is 61.2 Å². The third-order valence-corrected chi connectivity index (χ3v) is 2.59. The highest BCUT2D eigenvalue weighted by Gasteiger charge is 2.09. The van der Waals surface area contributed by atoms with Crippen molar-refractivity contribution < 1.29 is 4.79 Å². The summed E-state index contributed by atoms with van der Waals surface area (Å²) in [6.45, 7) is 5.79. The van der Waals surface area contributed by atoms with Crippen molar-refractivity contribution >= 4 is 17.5 Å². The minimum absolute atomic E-state index is 0.245. The summed E-state index contributed by atoms with van der Waals surface area (Å²) in [6, 6.07) is 0. The second-order valence-corrected chi connectivity index (χ2v) is 3.44. The van der Waals surface area contributed by atoms with E-state index in [4.69, 9.17) is 0 Å². The van der Waals surface area contributed by atoms with Crippen LogP contribution in [0.25, 0.3) is 0 Å². The number of carbonyl (C=O) groups excluding carboxylic acids is 1. The lowest BCUT2D eigenvalue weighted by Crippen LogP contribution is -2.11. The number of hydrogen-bond donors (Lipinski definition) is 0. The Bertz CT molecular complexity index is 90.9. The summed E-state index contributed by atoms with van der Waals surface area (Å²) in [6.07, 6.45) is 0.966. The maximum Gasteiger partial charge on any atom is 0.142 e. The summed E-state index contributed by atoms with van der Waals surface area (Å²) in [4.78, 5) is 10.7. The normalized spacial score (nSPS) is 13.2. The lowest BCUT2D eigenvalue weighted by Gasteiger charge is -2.07. The molecule has 0 aliphatic carbocycles. The Hall–Kier alpha value is 0.0200. The van der Waals surface area contributed by atoms with Crippen LogP contribution >= 0.6 is 11.8 Å². The molecule has 0 fully saturated rings. The van der Waals surface area contributed by atoms with Crippen molar-refractivity contribution in [2.45, 2.75) is 32.4 Å². The maximum absolute atomic E-state index is 10.7. The van der Waals surface area contributed by atoms with Crippen LogP contribution in [0.4, 0.5) is 0 Å². The first kappa shape index (κ1) is 9.02. The Kier molecular flexibility index (Phi) is 4.87. The zero-order valence-corrected chi connectivity index (χ0v) is 7.12. The third-order valence-electron chi connectivity index (χ3n) is 1.19. The molecule has 0 N–H and O–H groups in total. The van der Waals surface area contributed by atoms with Gasteiger partial charge in [0.05, 0.1) is 5.25 Å². The molecule has 0 aromatic heterocycles. The van der Waals surface area contributed by atoms with E-state index in [1.807, 2.05) is 0 Å². The van der Waals surface area contributed by atoms with Gasteiger partial charge in [0.1, 0.15) is 5.78 Å². The molecule has 0 rings (SSSR count). The molecular formula is C7H14OS. The topological polar surface area (TPSA) is 17.1 Å². The van der Waals surface area contributed by atoms with E-state index >= 15 is 0 Å². The third kappa shape index (κ3) is 3.57. The van der Waals surface area contributed by atoms with E-state index in [1.165, 1.54) is 0 Å². The number of hydrogen-bond acceptors (Lipinski definition) is 2. The van der Waals surface area contributed by atoms with Gasteiger partial charge in [-0.1, -0.05) is 13.8 Å². The molecule has 0 aliphatic heterocycles. The molecule has 0 radical (unpaired) electrons. The number of carbonyl (C=O) groups is 1. The number of Topliss-reactive ketones (excluding diaryl/α,β-unsaturated/α-hetero) is 1. The fraction of sp³-hybridized carbons (Fsp3) is 0.857. The summed E-state index contributed by atoms with van der Waals surface area (Å²) >= 11 is 1.73. The van der Waals surface area contributed by atoms with Gasteiger partial charge in [0, 0.05) is 0 Å². The summed E-state index contributed by atoms with van der Waals surface area (Å²) < 4.78 is 0. The smallest absolute Gasteiger partial charge is 0.142 e. The Morgan fingerprint density at radius 2 is 2.11 bits per heavy atom. The van der Waals surface area contributed by atoms with Crippen molar-refractivity contribution in [2.75, 3.05) is 5.75 Å². The molecule has 1 atom stereocenters. The van der Waals surface area contributed by atoms with Gasteiger partial charge in [0.15, 0.2) is 0 Å². The average molecular weight is 146 g/mol. The van der Waals surface area contributed by atoms with Crippen LogP contribution in [-0.2, 0) is 4.79 Å². The van der Waals surface area contributed by atoms with E-state index < -0.39 is 0 Å². The maximum atomic E-state index is 10.7. The molecule has 0 saturated carbocycles. The van der Waals surface area contributed by atoms with Gasteiger partial charge in [-0.25, -0.2) is 0 Å². The molecule has 0 spiro atoms. The van der Waals surface area contributed by atoms with E-state index in [1.54, 1.807) is 18.7 Å². The first-order valence-electron chi connectivity index (χ1n) is 3.34. The zero-order valence-electron chi connectivity index (χ0n) is 6.31.